The van der Waals surface area contributed by atoms with Crippen LogP contribution in [0.2, 0.25) is 0 Å². The van der Waals surface area contributed by atoms with E-state index in [0.29, 0.717) is 5.69 Å². The van der Waals surface area contributed by atoms with E-state index in [1.54, 1.807) is 19.2 Å². The van der Waals surface area contributed by atoms with E-state index in [-0.39, 0.29) is 62.3 Å². The molecule has 3 heterocycles. The Bertz CT molecular complexity index is 1320. The zero-order chi connectivity index (χ0) is 30.4. The highest BCUT2D eigenvalue weighted by Crippen LogP contribution is 2.16. The molecule has 236 valence electrons. The number of carbonyl (C=O) groups excluding carboxylic acids is 3. The van der Waals surface area contributed by atoms with Gasteiger partial charge in [-0.15, -0.1) is 12.4 Å². The van der Waals surface area contributed by atoms with Crippen LogP contribution in [-0.4, -0.2) is 111 Å². The summed E-state index contributed by atoms with van der Waals surface area (Å²) in [5, 5.41) is 15.0. The van der Waals surface area contributed by atoms with Gasteiger partial charge in [0.05, 0.1) is 18.3 Å². The number of piperazine rings is 1. The van der Waals surface area contributed by atoms with E-state index in [9.17, 15) is 24.3 Å². The van der Waals surface area contributed by atoms with Gasteiger partial charge in [0, 0.05) is 58.1 Å². The minimum Gasteiger partial charge on any atom is -0.394 e. The normalized spacial score (nSPS) is 18.3. The van der Waals surface area contributed by atoms with Crippen LogP contribution in [0.15, 0.2) is 41.3 Å². The van der Waals surface area contributed by atoms with E-state index in [1.165, 1.54) is 21.3 Å². The van der Waals surface area contributed by atoms with Crippen LogP contribution in [0, 0.1) is 0 Å². The Kier molecular flexibility index (Phi) is 11.6. The van der Waals surface area contributed by atoms with Gasteiger partial charge in [-0.3, -0.25) is 24.4 Å². The number of nitrogens with two attached hydrogens (primary N) is 2. The molecule has 1 aromatic carbocycles. The lowest BCUT2D eigenvalue weighted by Gasteiger charge is -2.37. The minimum absolute atomic E-state index is 0. The first-order valence-electron chi connectivity index (χ1n) is 14.2. The number of anilines is 1. The zero-order valence-electron chi connectivity index (χ0n) is 24.6. The fourth-order valence-corrected chi connectivity index (χ4v) is 4.99. The second-order valence-corrected chi connectivity index (χ2v) is 11.3. The fraction of sp³-hybridized carbons (Fsp3) is 0.536. The molecule has 2 aliphatic heterocycles. The Morgan fingerprint density at radius 2 is 1.65 bits per heavy atom. The number of aromatic nitrogens is 2. The molecule has 4 amide bonds. The zero-order valence-corrected chi connectivity index (χ0v) is 25.4. The summed E-state index contributed by atoms with van der Waals surface area (Å²) in [5.74, 6) is -0.354. The van der Waals surface area contributed by atoms with Crippen LogP contribution in [-0.2, 0) is 16.1 Å². The molecule has 7 N–H and O–H groups in total. The molecule has 0 bridgehead atoms. The summed E-state index contributed by atoms with van der Waals surface area (Å²) in [7, 11) is 0. The lowest BCUT2D eigenvalue weighted by Crippen LogP contribution is -2.60. The van der Waals surface area contributed by atoms with Crippen molar-refractivity contribution >= 4 is 36.1 Å². The van der Waals surface area contributed by atoms with Gasteiger partial charge in [-0.1, -0.05) is 12.1 Å². The van der Waals surface area contributed by atoms with Gasteiger partial charge < -0.3 is 31.7 Å². The summed E-state index contributed by atoms with van der Waals surface area (Å²) in [5.41, 5.74) is 11.3. The van der Waals surface area contributed by atoms with Crippen molar-refractivity contribution in [3.05, 3.63) is 52.6 Å². The summed E-state index contributed by atoms with van der Waals surface area (Å²) < 4.78 is 1.40. The van der Waals surface area contributed by atoms with Crippen LogP contribution in [0.3, 0.4) is 0 Å². The lowest BCUT2D eigenvalue weighted by atomic mass is 10.0. The highest BCUT2D eigenvalue weighted by Gasteiger charge is 2.34. The van der Waals surface area contributed by atoms with Gasteiger partial charge in [0.25, 0.3) is 0 Å². The minimum atomic E-state index is -1.36. The first-order valence-corrected chi connectivity index (χ1v) is 14.2. The van der Waals surface area contributed by atoms with Crippen LogP contribution in [0.25, 0.3) is 5.69 Å². The van der Waals surface area contributed by atoms with Gasteiger partial charge in [-0.2, -0.15) is 4.98 Å². The van der Waals surface area contributed by atoms with Gasteiger partial charge in [-0.05, 0) is 50.5 Å². The summed E-state index contributed by atoms with van der Waals surface area (Å²) >= 11 is 0. The molecule has 2 fully saturated rings. The average Bonchev–Trinajstić information content (AvgIpc) is 2.98. The highest BCUT2D eigenvalue weighted by molar-refractivity contribution is 5.89. The summed E-state index contributed by atoms with van der Waals surface area (Å²) in [6.45, 7) is 6.32. The predicted octanol–water partition coefficient (Wildman–Crippen LogP) is -0.532. The average molecular weight is 620 g/mol. The van der Waals surface area contributed by atoms with Crippen molar-refractivity contribution in [3.8, 4) is 5.69 Å². The van der Waals surface area contributed by atoms with Gasteiger partial charge in [0.2, 0.25) is 11.8 Å². The summed E-state index contributed by atoms with van der Waals surface area (Å²) in [4.78, 5) is 59.1. The number of nitrogens with zero attached hydrogens (tertiary/aromatic N) is 5. The van der Waals surface area contributed by atoms with Crippen molar-refractivity contribution in [2.45, 2.75) is 50.9 Å². The van der Waals surface area contributed by atoms with E-state index in [4.69, 9.17) is 11.5 Å². The van der Waals surface area contributed by atoms with Crippen molar-refractivity contribution in [1.82, 2.24) is 29.6 Å². The number of benzene rings is 1. The first kappa shape index (κ1) is 33.9. The molecule has 0 saturated carbocycles. The number of rotatable bonds is 8. The molecule has 0 unspecified atom stereocenters. The highest BCUT2D eigenvalue weighted by atomic mass is 35.5. The number of likely N-dealkylation sites (tertiary alicyclic amines) is 1. The maximum Gasteiger partial charge on any atom is 0.354 e. The number of carbonyl (C=O) groups is 3. The molecule has 2 aliphatic rings. The molecule has 0 spiro atoms. The van der Waals surface area contributed by atoms with Crippen molar-refractivity contribution < 1.29 is 19.5 Å². The van der Waals surface area contributed by atoms with Crippen LogP contribution < -0.4 is 27.8 Å². The van der Waals surface area contributed by atoms with Crippen LogP contribution in [0.5, 0.6) is 0 Å². The number of aliphatic hydroxyl groups excluding tert-OH is 1. The number of halogens is 1. The van der Waals surface area contributed by atoms with Crippen LogP contribution in [0.4, 0.5) is 10.6 Å². The molecular weight excluding hydrogens is 578 g/mol. The monoisotopic (exact) mass is 619 g/mol. The third-order valence-electron chi connectivity index (χ3n) is 7.68. The third kappa shape index (κ3) is 8.74. The molecule has 4 rings (SSSR count). The number of amides is 4. The Morgan fingerprint density at radius 3 is 2.21 bits per heavy atom. The van der Waals surface area contributed by atoms with Crippen LogP contribution in [0.1, 0.15) is 32.3 Å². The van der Waals surface area contributed by atoms with Gasteiger partial charge in [-0.25, -0.2) is 9.59 Å². The van der Waals surface area contributed by atoms with Crippen molar-refractivity contribution in [2.75, 3.05) is 51.2 Å². The van der Waals surface area contributed by atoms with Crippen molar-refractivity contribution in [2.24, 2.45) is 11.5 Å². The predicted molar refractivity (Wildman–Crippen MR) is 164 cm³/mol. The fourth-order valence-electron chi connectivity index (χ4n) is 4.99. The second kappa shape index (κ2) is 14.8. The maximum atomic E-state index is 12.8. The Labute approximate surface area is 256 Å². The first-order chi connectivity index (χ1) is 20.0. The topological polar surface area (TPSA) is 192 Å². The smallest absolute Gasteiger partial charge is 0.354 e. The number of hydrogen-bond acceptors (Lipinski definition) is 9. The number of nitrogens with one attached hydrogen (secondary N) is 2. The Balaban J connectivity index is 0.00000506. The van der Waals surface area contributed by atoms with E-state index < -0.39 is 29.9 Å². The SMILES string of the molecule is C[C@H](N)C(=O)NC1CCN(Cc2ccc(-n3ccc(NC(=O)N4CCN(C(=O)[C@@](C)(N)CO)CC4)nc3=O)cc2)CC1.Cl. The lowest BCUT2D eigenvalue weighted by molar-refractivity contribution is -0.139. The quantitative estimate of drug-likeness (QED) is 0.258. The molecule has 2 atom stereocenters. The molecule has 2 aromatic rings. The standard InChI is InChI=1S/C28H41N9O5.ClH/c1-19(29)24(39)31-21-7-10-34(11-8-21)17-20-3-5-22(6-4-20)37-12-9-23(33-27(37)42)32-26(41)36-15-13-35(14-16-36)25(40)28(2,30)18-38;/h3-6,9,12,19,21,38H,7-8,10-11,13-18,29-30H2,1-2H3,(H,31,39)(H,32,33,41,42);1H/t19-,28-;/m0./s1. The molecule has 1 aromatic heterocycles. The number of urea groups is 1. The molecular formula is C28H42ClN9O5. The number of hydrogen-bond donors (Lipinski definition) is 5. The molecule has 2 saturated heterocycles. The van der Waals surface area contributed by atoms with Gasteiger partial charge in [0.1, 0.15) is 11.4 Å². The van der Waals surface area contributed by atoms with E-state index in [0.717, 1.165) is 38.0 Å². The second-order valence-electron chi connectivity index (χ2n) is 11.3. The largest absolute Gasteiger partial charge is 0.394 e. The van der Waals surface area contributed by atoms with Gasteiger partial charge in [0.15, 0.2) is 0 Å². The molecule has 14 nitrogen and oxygen atoms in total. The molecule has 0 radical (unpaired) electrons. The summed E-state index contributed by atoms with van der Waals surface area (Å²) in [6.07, 6.45) is 3.30. The van der Waals surface area contributed by atoms with Crippen LogP contribution >= 0.6 is 12.4 Å². The van der Waals surface area contributed by atoms with Crippen molar-refractivity contribution in [1.29, 1.82) is 0 Å². The maximum absolute atomic E-state index is 12.8. The number of piperidine rings is 1. The van der Waals surface area contributed by atoms with Gasteiger partial charge >= 0.3 is 11.7 Å². The summed E-state index contributed by atoms with van der Waals surface area (Å²) in [6, 6.07) is 8.44. The van der Waals surface area contributed by atoms with E-state index in [1.807, 2.05) is 24.3 Å². The van der Waals surface area contributed by atoms with E-state index >= 15 is 0 Å². The Hall–Kier alpha value is -3.56. The third-order valence-corrected chi connectivity index (χ3v) is 7.68. The van der Waals surface area contributed by atoms with E-state index in [2.05, 4.69) is 20.5 Å². The Morgan fingerprint density at radius 1 is 1.05 bits per heavy atom. The molecule has 15 heteroatoms. The molecule has 0 aliphatic carbocycles. The number of aliphatic hydroxyl groups is 1. The van der Waals surface area contributed by atoms with Crippen molar-refractivity contribution in [3.63, 3.8) is 0 Å². The molecule has 43 heavy (non-hydrogen) atoms.